The molecule has 1 aromatic rings. The number of carbonyl (C=O) groups excluding carboxylic acids is 1. The lowest BCUT2D eigenvalue weighted by molar-refractivity contribution is -0.139. The van der Waals surface area contributed by atoms with Gasteiger partial charge in [0.15, 0.2) is 0 Å². The van der Waals surface area contributed by atoms with Gasteiger partial charge in [-0.1, -0.05) is 13.3 Å². The van der Waals surface area contributed by atoms with Crippen LogP contribution in [0.3, 0.4) is 0 Å². The largest absolute Gasteiger partial charge is 0.481 e. The van der Waals surface area contributed by atoms with E-state index in [2.05, 4.69) is 11.9 Å². The highest BCUT2D eigenvalue weighted by atomic mass is 16.4. The topological polar surface area (TPSA) is 70.5 Å². The molecule has 1 aromatic heterocycles. The van der Waals surface area contributed by atoms with Gasteiger partial charge in [0.05, 0.1) is 5.56 Å². The molecule has 1 N–H and O–H groups in total. The van der Waals surface area contributed by atoms with Crippen LogP contribution in [-0.2, 0) is 4.79 Å². The first-order valence-corrected chi connectivity index (χ1v) is 7.03. The van der Waals surface area contributed by atoms with Gasteiger partial charge in [-0.05, 0) is 30.4 Å². The highest BCUT2D eigenvalue weighted by Gasteiger charge is 2.31. The maximum atomic E-state index is 12.4. The molecule has 0 spiro atoms. The van der Waals surface area contributed by atoms with Crippen molar-refractivity contribution in [2.75, 3.05) is 13.1 Å². The van der Waals surface area contributed by atoms with Crippen molar-refractivity contribution in [2.24, 2.45) is 11.8 Å². The van der Waals surface area contributed by atoms with Crippen molar-refractivity contribution in [2.45, 2.75) is 26.2 Å². The molecule has 1 aliphatic heterocycles. The zero-order chi connectivity index (χ0) is 14.5. The molecule has 0 saturated carbocycles. The van der Waals surface area contributed by atoms with E-state index in [0.717, 1.165) is 12.8 Å². The first-order chi connectivity index (χ1) is 9.61. The summed E-state index contributed by atoms with van der Waals surface area (Å²) in [5.41, 5.74) is 0.596. The maximum absolute atomic E-state index is 12.4. The first kappa shape index (κ1) is 14.5. The molecule has 0 aromatic carbocycles. The Kier molecular flexibility index (Phi) is 4.71. The predicted octanol–water partition coefficient (Wildman–Crippen LogP) is 2.04. The molecule has 1 saturated heterocycles. The van der Waals surface area contributed by atoms with Crippen LogP contribution in [0.4, 0.5) is 0 Å². The molecule has 0 radical (unpaired) electrons. The zero-order valence-corrected chi connectivity index (χ0v) is 11.7. The van der Waals surface area contributed by atoms with Crippen LogP contribution >= 0.6 is 0 Å². The average molecular weight is 276 g/mol. The summed E-state index contributed by atoms with van der Waals surface area (Å²) in [4.78, 5) is 29.0. The summed E-state index contributed by atoms with van der Waals surface area (Å²) in [5.74, 6) is -0.318. The second-order valence-corrected chi connectivity index (χ2v) is 5.31. The fourth-order valence-electron chi connectivity index (χ4n) is 2.89. The molecule has 5 heteroatoms. The number of likely N-dealkylation sites (tertiary alicyclic amines) is 1. The standard InChI is InChI=1S/C15H20N2O3/c1-2-11-10-17(7-5-12(11)8-14(18)19)15(20)13-4-3-6-16-9-13/h3-4,6,9,11-12H,2,5,7-8,10H2,1H3,(H,18,19)/t11-,12-/m0/s1. The number of aromatic nitrogens is 1. The van der Waals surface area contributed by atoms with Crippen LogP contribution in [-0.4, -0.2) is 40.0 Å². The predicted molar refractivity (Wildman–Crippen MR) is 74.3 cm³/mol. The Morgan fingerprint density at radius 3 is 2.85 bits per heavy atom. The van der Waals surface area contributed by atoms with Crippen molar-refractivity contribution in [3.8, 4) is 0 Å². The SMILES string of the molecule is CC[C@H]1CN(C(=O)c2cccnc2)CC[C@H]1CC(=O)O. The Morgan fingerprint density at radius 2 is 2.25 bits per heavy atom. The molecule has 2 rings (SSSR count). The number of carbonyl (C=O) groups is 2. The molecule has 1 fully saturated rings. The van der Waals surface area contributed by atoms with Gasteiger partial charge in [-0.15, -0.1) is 0 Å². The monoisotopic (exact) mass is 276 g/mol. The van der Waals surface area contributed by atoms with E-state index in [-0.39, 0.29) is 24.2 Å². The van der Waals surface area contributed by atoms with Crippen LogP contribution in [0, 0.1) is 11.8 Å². The Hall–Kier alpha value is -1.91. The number of hydrogen-bond donors (Lipinski definition) is 1. The molecule has 1 aliphatic rings. The van der Waals surface area contributed by atoms with Crippen molar-refractivity contribution in [3.63, 3.8) is 0 Å². The number of carboxylic acids is 1. The van der Waals surface area contributed by atoms with Crippen LogP contribution in [0.15, 0.2) is 24.5 Å². The fourth-order valence-corrected chi connectivity index (χ4v) is 2.89. The molecule has 2 heterocycles. The van der Waals surface area contributed by atoms with Crippen LogP contribution in [0.5, 0.6) is 0 Å². The Bertz CT molecular complexity index is 475. The highest BCUT2D eigenvalue weighted by Crippen LogP contribution is 2.29. The third-order valence-electron chi connectivity index (χ3n) is 4.05. The lowest BCUT2D eigenvalue weighted by Gasteiger charge is -2.37. The highest BCUT2D eigenvalue weighted by molar-refractivity contribution is 5.93. The second kappa shape index (κ2) is 6.50. The molecular formula is C15H20N2O3. The summed E-state index contributed by atoms with van der Waals surface area (Å²) >= 11 is 0. The fraction of sp³-hybridized carbons (Fsp3) is 0.533. The van der Waals surface area contributed by atoms with Crippen LogP contribution in [0.25, 0.3) is 0 Å². The second-order valence-electron chi connectivity index (χ2n) is 5.31. The van der Waals surface area contributed by atoms with Gasteiger partial charge >= 0.3 is 5.97 Å². The number of piperidine rings is 1. The Labute approximate surface area is 118 Å². The Morgan fingerprint density at radius 1 is 1.45 bits per heavy atom. The number of amides is 1. The number of nitrogens with zero attached hydrogens (tertiary/aromatic N) is 2. The molecule has 0 aliphatic carbocycles. The molecule has 5 nitrogen and oxygen atoms in total. The van der Waals surface area contributed by atoms with Gasteiger partial charge in [-0.3, -0.25) is 14.6 Å². The minimum absolute atomic E-state index is 0.00896. The van der Waals surface area contributed by atoms with Crippen molar-refractivity contribution in [3.05, 3.63) is 30.1 Å². The minimum Gasteiger partial charge on any atom is -0.481 e. The molecule has 1 amide bonds. The van der Waals surface area contributed by atoms with Gasteiger partial charge in [0.1, 0.15) is 0 Å². The third-order valence-corrected chi connectivity index (χ3v) is 4.05. The summed E-state index contributed by atoms with van der Waals surface area (Å²) in [5, 5.41) is 8.94. The summed E-state index contributed by atoms with van der Waals surface area (Å²) in [6.45, 7) is 3.32. The van der Waals surface area contributed by atoms with E-state index in [9.17, 15) is 9.59 Å². The van der Waals surface area contributed by atoms with Crippen molar-refractivity contribution in [1.29, 1.82) is 0 Å². The van der Waals surface area contributed by atoms with Crippen LogP contribution in [0.1, 0.15) is 36.5 Å². The van der Waals surface area contributed by atoms with Gasteiger partial charge in [0.2, 0.25) is 0 Å². The lowest BCUT2D eigenvalue weighted by atomic mass is 9.81. The number of hydrogen-bond acceptors (Lipinski definition) is 3. The van der Waals surface area contributed by atoms with E-state index < -0.39 is 5.97 Å². The molecule has 108 valence electrons. The van der Waals surface area contributed by atoms with Gasteiger partial charge in [0.25, 0.3) is 5.91 Å². The van der Waals surface area contributed by atoms with E-state index in [1.165, 1.54) is 0 Å². The molecule has 0 bridgehead atoms. The summed E-state index contributed by atoms with van der Waals surface area (Å²) < 4.78 is 0. The minimum atomic E-state index is -0.750. The number of carboxylic acid groups (broad SMARTS) is 1. The van der Waals surface area contributed by atoms with E-state index in [1.807, 2.05) is 4.90 Å². The van der Waals surface area contributed by atoms with Crippen LogP contribution in [0.2, 0.25) is 0 Å². The molecule has 20 heavy (non-hydrogen) atoms. The average Bonchev–Trinajstić information content (AvgIpc) is 2.47. The van der Waals surface area contributed by atoms with E-state index in [1.54, 1.807) is 24.5 Å². The van der Waals surface area contributed by atoms with Crippen molar-refractivity contribution >= 4 is 11.9 Å². The molecule has 2 atom stereocenters. The van der Waals surface area contributed by atoms with Crippen LogP contribution < -0.4 is 0 Å². The summed E-state index contributed by atoms with van der Waals surface area (Å²) in [7, 11) is 0. The van der Waals surface area contributed by atoms with E-state index >= 15 is 0 Å². The Balaban J connectivity index is 2.03. The van der Waals surface area contributed by atoms with E-state index in [0.29, 0.717) is 18.7 Å². The molecule has 0 unspecified atom stereocenters. The quantitative estimate of drug-likeness (QED) is 0.913. The molecular weight excluding hydrogens is 256 g/mol. The number of aliphatic carboxylic acids is 1. The summed E-state index contributed by atoms with van der Waals surface area (Å²) in [6.07, 6.45) is 5.08. The van der Waals surface area contributed by atoms with Crippen molar-refractivity contribution < 1.29 is 14.7 Å². The smallest absolute Gasteiger partial charge is 0.303 e. The van der Waals surface area contributed by atoms with Gasteiger partial charge in [0, 0.05) is 31.9 Å². The first-order valence-electron chi connectivity index (χ1n) is 7.03. The van der Waals surface area contributed by atoms with Gasteiger partial charge in [-0.2, -0.15) is 0 Å². The number of rotatable bonds is 4. The third kappa shape index (κ3) is 3.35. The zero-order valence-electron chi connectivity index (χ0n) is 11.7. The van der Waals surface area contributed by atoms with Gasteiger partial charge in [-0.25, -0.2) is 0 Å². The number of pyridine rings is 1. The summed E-state index contributed by atoms with van der Waals surface area (Å²) in [6, 6.07) is 3.52. The van der Waals surface area contributed by atoms with E-state index in [4.69, 9.17) is 5.11 Å². The van der Waals surface area contributed by atoms with Crippen molar-refractivity contribution in [1.82, 2.24) is 9.88 Å². The normalized spacial score (nSPS) is 22.6. The maximum Gasteiger partial charge on any atom is 0.303 e. The lowest BCUT2D eigenvalue weighted by Crippen LogP contribution is -2.44. The van der Waals surface area contributed by atoms with Gasteiger partial charge < -0.3 is 10.0 Å².